The molecule has 0 N–H and O–H groups in total. The average Bonchev–Trinajstić information content (AvgIpc) is 2.70. The lowest BCUT2D eigenvalue weighted by Crippen LogP contribution is -2.15. The Balaban J connectivity index is 2.56. The zero-order chi connectivity index (χ0) is 20.4. The SMILES string of the molecule is CC(C)(C)/C(=C/P(c1ccccc1)c1ccccc1)P(CCC#N)CCC#N. The number of hydrogen-bond acceptors (Lipinski definition) is 2. The van der Waals surface area contributed by atoms with Crippen LogP contribution >= 0.6 is 15.8 Å². The first-order chi connectivity index (χ1) is 13.5. The Hall–Kier alpha value is -1.98. The van der Waals surface area contributed by atoms with Crippen LogP contribution < -0.4 is 10.6 Å². The first-order valence-electron chi connectivity index (χ1n) is 9.58. The van der Waals surface area contributed by atoms with Crippen LogP contribution in [0.4, 0.5) is 0 Å². The molecule has 2 rings (SSSR count). The predicted octanol–water partition coefficient (Wildman–Crippen LogP) is 6.32. The van der Waals surface area contributed by atoms with E-state index in [1.165, 1.54) is 15.9 Å². The highest BCUT2D eigenvalue weighted by Crippen LogP contribution is 2.56. The largest absolute Gasteiger partial charge is 0.198 e. The van der Waals surface area contributed by atoms with Crippen molar-refractivity contribution in [2.24, 2.45) is 5.41 Å². The quantitative estimate of drug-likeness (QED) is 0.482. The fourth-order valence-corrected chi connectivity index (χ4v) is 8.68. The van der Waals surface area contributed by atoms with E-state index < -0.39 is 15.8 Å². The molecule has 0 radical (unpaired) electrons. The summed E-state index contributed by atoms with van der Waals surface area (Å²) in [4.78, 5) is 0. The average molecular weight is 406 g/mol. The summed E-state index contributed by atoms with van der Waals surface area (Å²) in [6.07, 6.45) is 2.87. The van der Waals surface area contributed by atoms with E-state index in [1.54, 1.807) is 0 Å². The van der Waals surface area contributed by atoms with E-state index in [0.717, 1.165) is 12.3 Å². The van der Waals surface area contributed by atoms with Gasteiger partial charge in [0, 0.05) is 12.8 Å². The van der Waals surface area contributed by atoms with E-state index in [1.807, 2.05) is 0 Å². The van der Waals surface area contributed by atoms with Crippen molar-refractivity contribution in [3.63, 3.8) is 0 Å². The third kappa shape index (κ3) is 6.57. The van der Waals surface area contributed by atoms with Crippen LogP contribution in [0.3, 0.4) is 0 Å². The van der Waals surface area contributed by atoms with E-state index in [9.17, 15) is 0 Å². The van der Waals surface area contributed by atoms with Gasteiger partial charge in [0.1, 0.15) is 0 Å². The molecule has 2 aromatic rings. The number of allylic oxidation sites excluding steroid dienone is 1. The van der Waals surface area contributed by atoms with Crippen molar-refractivity contribution in [2.75, 3.05) is 12.3 Å². The standard InChI is InChI=1S/C24H28N2P2/c1-24(2,3)23(27(18-10-16-25)19-11-17-26)20-28(21-12-6-4-7-13-21)22-14-8-5-9-15-22/h4-9,12-15,20H,10-11,18-19H2,1-3H3/b23-20-. The minimum atomic E-state index is -0.629. The summed E-state index contributed by atoms with van der Waals surface area (Å²) < 4.78 is 0. The summed E-state index contributed by atoms with van der Waals surface area (Å²) in [5.41, 5.74) is 0.0146. The van der Waals surface area contributed by atoms with Crippen molar-refractivity contribution in [3.8, 4) is 12.1 Å². The zero-order valence-electron chi connectivity index (χ0n) is 17.0. The van der Waals surface area contributed by atoms with Gasteiger partial charge in [0.25, 0.3) is 0 Å². The highest BCUT2D eigenvalue weighted by atomic mass is 31.1. The van der Waals surface area contributed by atoms with Gasteiger partial charge in [-0.25, -0.2) is 0 Å². The molecule has 4 heteroatoms. The van der Waals surface area contributed by atoms with Gasteiger partial charge in [-0.3, -0.25) is 0 Å². The predicted molar refractivity (Wildman–Crippen MR) is 124 cm³/mol. The van der Waals surface area contributed by atoms with Gasteiger partial charge < -0.3 is 0 Å². The van der Waals surface area contributed by atoms with E-state index in [4.69, 9.17) is 10.5 Å². The summed E-state index contributed by atoms with van der Waals surface area (Å²) >= 11 is 0. The molecule has 144 valence electrons. The summed E-state index contributed by atoms with van der Waals surface area (Å²) in [5.74, 6) is 2.49. The van der Waals surface area contributed by atoms with Crippen LogP contribution in [0.2, 0.25) is 0 Å². The lowest BCUT2D eigenvalue weighted by atomic mass is 9.97. The maximum absolute atomic E-state index is 9.14. The van der Waals surface area contributed by atoms with Crippen LogP contribution in [-0.2, 0) is 0 Å². The number of nitrogens with zero attached hydrogens (tertiary/aromatic N) is 2. The number of hydrogen-bond donors (Lipinski definition) is 0. The molecule has 0 fully saturated rings. The van der Waals surface area contributed by atoms with Crippen molar-refractivity contribution in [1.29, 1.82) is 10.5 Å². The van der Waals surface area contributed by atoms with Crippen molar-refractivity contribution in [3.05, 3.63) is 71.8 Å². The molecule has 28 heavy (non-hydrogen) atoms. The third-order valence-electron chi connectivity index (χ3n) is 4.42. The fraction of sp³-hybridized carbons (Fsp3) is 0.333. The van der Waals surface area contributed by atoms with Crippen molar-refractivity contribution in [1.82, 2.24) is 0 Å². The lowest BCUT2D eigenvalue weighted by Gasteiger charge is -2.32. The highest BCUT2D eigenvalue weighted by molar-refractivity contribution is 7.76. The summed E-state index contributed by atoms with van der Waals surface area (Å²) in [6.45, 7) is 6.78. The molecular formula is C24H28N2P2. The van der Waals surface area contributed by atoms with Gasteiger partial charge >= 0.3 is 0 Å². The van der Waals surface area contributed by atoms with Gasteiger partial charge in [0.15, 0.2) is 0 Å². The Morgan fingerprint density at radius 1 is 0.821 bits per heavy atom. The molecule has 2 nitrogen and oxygen atoms in total. The van der Waals surface area contributed by atoms with Crippen LogP contribution in [0, 0.1) is 28.1 Å². The van der Waals surface area contributed by atoms with E-state index in [2.05, 4.69) is 99.4 Å². The van der Waals surface area contributed by atoms with Crippen LogP contribution in [-0.4, -0.2) is 12.3 Å². The molecule has 0 spiro atoms. The first kappa shape index (κ1) is 22.3. The molecule has 0 aliphatic carbocycles. The summed E-state index contributed by atoms with van der Waals surface area (Å²) in [5, 5.41) is 22.4. The van der Waals surface area contributed by atoms with E-state index in [0.29, 0.717) is 12.8 Å². The molecule has 0 saturated heterocycles. The Bertz CT molecular complexity index is 783. The van der Waals surface area contributed by atoms with Crippen LogP contribution in [0.15, 0.2) is 71.8 Å². The number of rotatable bonds is 8. The van der Waals surface area contributed by atoms with Gasteiger partial charge in [0.2, 0.25) is 0 Å². The molecule has 0 amide bonds. The first-order valence-corrected chi connectivity index (χ1v) is 12.7. The van der Waals surface area contributed by atoms with Crippen LogP contribution in [0.25, 0.3) is 0 Å². The number of nitriles is 2. The normalized spacial score (nSPS) is 12.0. The Morgan fingerprint density at radius 2 is 1.25 bits per heavy atom. The molecule has 0 saturated carbocycles. The third-order valence-corrected chi connectivity index (χ3v) is 9.85. The van der Waals surface area contributed by atoms with Gasteiger partial charge in [0.05, 0.1) is 12.1 Å². The molecular weight excluding hydrogens is 378 g/mol. The van der Waals surface area contributed by atoms with Crippen molar-refractivity contribution >= 4 is 26.5 Å². The van der Waals surface area contributed by atoms with E-state index >= 15 is 0 Å². The van der Waals surface area contributed by atoms with Crippen molar-refractivity contribution < 1.29 is 0 Å². The molecule has 0 heterocycles. The molecule has 2 aromatic carbocycles. The van der Waals surface area contributed by atoms with Crippen LogP contribution in [0.5, 0.6) is 0 Å². The Morgan fingerprint density at radius 3 is 1.61 bits per heavy atom. The molecule has 0 bridgehead atoms. The second-order valence-corrected chi connectivity index (χ2v) is 12.1. The molecule has 0 atom stereocenters. The minimum absolute atomic E-state index is 0.0146. The van der Waals surface area contributed by atoms with Gasteiger partial charge in [-0.05, 0) is 47.4 Å². The van der Waals surface area contributed by atoms with Gasteiger partial charge in [-0.1, -0.05) is 89.4 Å². The molecule has 0 aromatic heterocycles. The summed E-state index contributed by atoms with van der Waals surface area (Å²) in [6, 6.07) is 26.0. The second kappa shape index (κ2) is 11.1. The summed E-state index contributed by atoms with van der Waals surface area (Å²) in [7, 11) is -1.13. The Labute approximate surface area is 172 Å². The molecule has 0 aliphatic rings. The second-order valence-electron chi connectivity index (χ2n) is 7.61. The minimum Gasteiger partial charge on any atom is -0.198 e. The molecule has 0 aliphatic heterocycles. The maximum atomic E-state index is 9.14. The highest BCUT2D eigenvalue weighted by Gasteiger charge is 2.27. The number of benzene rings is 2. The topological polar surface area (TPSA) is 47.6 Å². The van der Waals surface area contributed by atoms with Gasteiger partial charge in [-0.2, -0.15) is 10.5 Å². The smallest absolute Gasteiger partial charge is 0.0625 e. The van der Waals surface area contributed by atoms with E-state index in [-0.39, 0.29) is 5.41 Å². The van der Waals surface area contributed by atoms with Crippen molar-refractivity contribution in [2.45, 2.75) is 33.6 Å². The van der Waals surface area contributed by atoms with Gasteiger partial charge in [-0.15, -0.1) is 0 Å². The maximum Gasteiger partial charge on any atom is 0.0625 e. The lowest BCUT2D eigenvalue weighted by molar-refractivity contribution is 0.531. The molecule has 0 unspecified atom stereocenters. The Kier molecular flexibility index (Phi) is 8.87. The zero-order valence-corrected chi connectivity index (χ0v) is 18.8. The monoisotopic (exact) mass is 406 g/mol. The van der Waals surface area contributed by atoms with Crippen LogP contribution in [0.1, 0.15) is 33.6 Å². The fourth-order valence-electron chi connectivity index (χ4n) is 3.07.